The topological polar surface area (TPSA) is 92.0 Å². The Labute approximate surface area is 232 Å². The lowest BCUT2D eigenvalue weighted by molar-refractivity contribution is -0.147. The van der Waals surface area contributed by atoms with Crippen molar-refractivity contribution in [2.24, 2.45) is 5.10 Å². The molecule has 0 N–H and O–H groups in total. The highest BCUT2D eigenvalue weighted by atomic mass is 79.9. The zero-order valence-electron chi connectivity index (χ0n) is 21.0. The van der Waals surface area contributed by atoms with Gasteiger partial charge in [-0.1, -0.05) is 35.2 Å². The first-order chi connectivity index (χ1) is 17.8. The molecule has 1 heterocycles. The van der Waals surface area contributed by atoms with E-state index in [0.29, 0.717) is 44.9 Å². The summed E-state index contributed by atoms with van der Waals surface area (Å²) < 4.78 is 19.2. The molecule has 1 aliphatic rings. The Hall–Kier alpha value is -2.72. The summed E-state index contributed by atoms with van der Waals surface area (Å²) in [4.78, 5) is 30.3. The second-order valence-electron chi connectivity index (χ2n) is 8.86. The molecule has 0 spiro atoms. The molecule has 8 nitrogen and oxygen atoms in total. The summed E-state index contributed by atoms with van der Waals surface area (Å²) >= 11 is 7.02. The van der Waals surface area contributed by atoms with Crippen LogP contribution in [0.3, 0.4) is 0 Å². The zero-order chi connectivity index (χ0) is 26.5. The molecule has 1 saturated carbocycles. The van der Waals surface area contributed by atoms with Gasteiger partial charge in [0.1, 0.15) is 5.82 Å². The number of ether oxygens (including phenoxy) is 3. The van der Waals surface area contributed by atoms with Crippen LogP contribution in [0.15, 0.2) is 49.2 Å². The number of hydrogen-bond acceptors (Lipinski definition) is 7. The number of halogens is 2. The highest BCUT2D eigenvalue weighted by molar-refractivity contribution is 9.10. The third kappa shape index (κ3) is 6.23. The minimum absolute atomic E-state index is 0.171. The van der Waals surface area contributed by atoms with Gasteiger partial charge >= 0.3 is 5.97 Å². The number of methoxy groups -OCH3 is 1. The molecule has 1 fully saturated rings. The molecule has 0 aliphatic heterocycles. The van der Waals surface area contributed by atoms with Crippen LogP contribution in [0.1, 0.15) is 63.3 Å². The van der Waals surface area contributed by atoms with Gasteiger partial charge in [-0.2, -0.15) is 9.78 Å². The number of rotatable bonds is 8. The molecule has 0 radical (unpaired) electrons. The Morgan fingerprint density at radius 1 is 1.19 bits per heavy atom. The lowest BCUT2D eigenvalue weighted by Gasteiger charge is -2.22. The maximum atomic E-state index is 13.6. The fraction of sp³-hybridized carbons (Fsp3) is 0.407. The first kappa shape index (κ1) is 27.3. The molecular formula is C27H29Br2N3O5. The molecule has 1 atom stereocenters. The summed E-state index contributed by atoms with van der Waals surface area (Å²) in [7, 11) is 1.31. The Morgan fingerprint density at radius 3 is 2.65 bits per heavy atom. The van der Waals surface area contributed by atoms with E-state index in [4.69, 9.17) is 19.2 Å². The maximum Gasteiger partial charge on any atom is 0.346 e. The van der Waals surface area contributed by atoms with Crippen molar-refractivity contribution in [1.29, 1.82) is 0 Å². The fourth-order valence-electron chi connectivity index (χ4n) is 4.44. The third-order valence-electron chi connectivity index (χ3n) is 6.32. The molecule has 0 unspecified atom stereocenters. The van der Waals surface area contributed by atoms with Crippen molar-refractivity contribution < 1.29 is 19.0 Å². The van der Waals surface area contributed by atoms with E-state index in [9.17, 15) is 9.59 Å². The smallest absolute Gasteiger partial charge is 0.346 e. The Kier molecular flexibility index (Phi) is 9.02. The van der Waals surface area contributed by atoms with Crippen LogP contribution in [-0.2, 0) is 9.53 Å². The molecule has 1 aliphatic carbocycles. The maximum absolute atomic E-state index is 13.6. The first-order valence-electron chi connectivity index (χ1n) is 12.3. The van der Waals surface area contributed by atoms with E-state index in [0.717, 1.165) is 30.2 Å². The predicted molar refractivity (Wildman–Crippen MR) is 150 cm³/mol. The van der Waals surface area contributed by atoms with Crippen molar-refractivity contribution in [2.45, 2.75) is 58.0 Å². The zero-order valence-corrected chi connectivity index (χ0v) is 24.2. The summed E-state index contributed by atoms with van der Waals surface area (Å²) in [5, 5.41) is 5.13. The summed E-state index contributed by atoms with van der Waals surface area (Å²) in [5.41, 5.74) is 1.13. The number of fused-ring (bicyclic) bond motifs is 1. The summed E-state index contributed by atoms with van der Waals surface area (Å²) in [5.74, 6) is 1.20. The number of hydrogen-bond donors (Lipinski definition) is 0. The minimum atomic E-state index is -0.810. The van der Waals surface area contributed by atoms with Crippen molar-refractivity contribution in [2.75, 3.05) is 13.7 Å². The molecule has 0 amide bonds. The number of benzene rings is 2. The van der Waals surface area contributed by atoms with Gasteiger partial charge < -0.3 is 14.2 Å². The number of esters is 1. The fourth-order valence-corrected chi connectivity index (χ4v) is 5.22. The first-order valence-corrected chi connectivity index (χ1v) is 13.9. The molecule has 196 valence electrons. The Bertz CT molecular complexity index is 1380. The van der Waals surface area contributed by atoms with Crippen LogP contribution in [0, 0.1) is 0 Å². The van der Waals surface area contributed by atoms with Gasteiger partial charge in [0.05, 0.1) is 30.8 Å². The van der Waals surface area contributed by atoms with Crippen molar-refractivity contribution >= 4 is 54.9 Å². The van der Waals surface area contributed by atoms with E-state index in [1.54, 1.807) is 31.3 Å². The second-order valence-corrected chi connectivity index (χ2v) is 10.6. The van der Waals surface area contributed by atoms with Gasteiger partial charge in [0.15, 0.2) is 17.6 Å². The van der Waals surface area contributed by atoms with Crippen LogP contribution >= 0.6 is 31.9 Å². The van der Waals surface area contributed by atoms with Crippen molar-refractivity contribution in [3.05, 3.63) is 61.0 Å². The number of aromatic nitrogens is 2. The highest BCUT2D eigenvalue weighted by Gasteiger charge is 2.23. The highest BCUT2D eigenvalue weighted by Crippen LogP contribution is 2.35. The van der Waals surface area contributed by atoms with Gasteiger partial charge in [0.2, 0.25) is 0 Å². The minimum Gasteiger partial charge on any atom is -0.490 e. The van der Waals surface area contributed by atoms with E-state index in [1.165, 1.54) is 18.2 Å². The van der Waals surface area contributed by atoms with E-state index in [2.05, 4.69) is 37.0 Å². The SMILES string of the molecule is CCOc1cc(C=Nn2c(C3CCCCC3)nc3ccc(Br)cc3c2=O)c(Br)cc1O[C@H](C)C(=O)OC. The molecule has 4 rings (SSSR count). The van der Waals surface area contributed by atoms with Gasteiger partial charge in [-0.25, -0.2) is 9.78 Å². The molecule has 2 aromatic carbocycles. The van der Waals surface area contributed by atoms with Crippen LogP contribution in [-0.4, -0.2) is 41.7 Å². The molecule has 1 aromatic heterocycles. The normalized spacial score (nSPS) is 15.2. The van der Waals surface area contributed by atoms with Crippen molar-refractivity contribution in [1.82, 2.24) is 9.66 Å². The van der Waals surface area contributed by atoms with Gasteiger partial charge in [0, 0.05) is 20.4 Å². The van der Waals surface area contributed by atoms with Crippen LogP contribution < -0.4 is 15.0 Å². The van der Waals surface area contributed by atoms with E-state index in [1.807, 2.05) is 19.1 Å². The van der Waals surface area contributed by atoms with Gasteiger partial charge in [-0.15, -0.1) is 0 Å². The van der Waals surface area contributed by atoms with Crippen LogP contribution in [0.25, 0.3) is 10.9 Å². The Morgan fingerprint density at radius 2 is 1.95 bits per heavy atom. The predicted octanol–water partition coefficient (Wildman–Crippen LogP) is 6.19. The lowest BCUT2D eigenvalue weighted by Crippen LogP contribution is -2.25. The van der Waals surface area contributed by atoms with Crippen LogP contribution in [0.4, 0.5) is 0 Å². The lowest BCUT2D eigenvalue weighted by atomic mass is 9.88. The molecule has 3 aromatic rings. The van der Waals surface area contributed by atoms with Crippen molar-refractivity contribution in [3.63, 3.8) is 0 Å². The number of carbonyl (C=O) groups excluding carboxylic acids is 1. The van der Waals surface area contributed by atoms with Gasteiger partial charge in [-0.05, 0) is 73.0 Å². The largest absolute Gasteiger partial charge is 0.490 e. The monoisotopic (exact) mass is 633 g/mol. The standard InChI is InChI=1S/C27H29Br2N3O5/c1-4-36-23-12-18(21(29)14-24(23)37-16(2)27(34)35-3)15-30-32-25(17-8-6-5-7-9-17)31-22-11-10-19(28)13-20(22)26(32)33/h10-17H,4-9H2,1-3H3/t16-/m1/s1. The molecule has 37 heavy (non-hydrogen) atoms. The van der Waals surface area contributed by atoms with E-state index < -0.39 is 12.1 Å². The summed E-state index contributed by atoms with van der Waals surface area (Å²) in [6, 6.07) is 9.00. The molecule has 0 saturated heterocycles. The van der Waals surface area contributed by atoms with Crippen LogP contribution in [0.2, 0.25) is 0 Å². The number of carbonyl (C=O) groups is 1. The van der Waals surface area contributed by atoms with E-state index >= 15 is 0 Å². The van der Waals surface area contributed by atoms with Gasteiger partial charge in [-0.3, -0.25) is 4.79 Å². The molecule has 10 heteroatoms. The van der Waals surface area contributed by atoms with Crippen LogP contribution in [0.5, 0.6) is 11.5 Å². The quantitative estimate of drug-likeness (QED) is 0.217. The van der Waals surface area contributed by atoms with Gasteiger partial charge in [0.25, 0.3) is 5.56 Å². The molecule has 0 bridgehead atoms. The number of nitrogens with zero attached hydrogens (tertiary/aromatic N) is 3. The third-order valence-corrected chi connectivity index (χ3v) is 7.50. The average Bonchev–Trinajstić information content (AvgIpc) is 2.90. The van der Waals surface area contributed by atoms with Crippen molar-refractivity contribution in [3.8, 4) is 11.5 Å². The second kappa shape index (κ2) is 12.2. The summed E-state index contributed by atoms with van der Waals surface area (Å²) in [6.45, 7) is 3.86. The average molecular weight is 635 g/mol. The summed E-state index contributed by atoms with van der Waals surface area (Å²) in [6.07, 6.45) is 6.17. The molecular weight excluding hydrogens is 606 g/mol. The Balaban J connectivity index is 1.77. The van der Waals surface area contributed by atoms with E-state index in [-0.39, 0.29) is 11.5 Å².